The number of imidazole rings is 1. The molecule has 2 aromatic carbocycles. The number of anilines is 2. The molecule has 0 unspecified atom stereocenters. The molecule has 11 N–H and O–H groups in total. The van der Waals surface area contributed by atoms with Crippen LogP contribution in [-0.4, -0.2) is 147 Å². The Hall–Kier alpha value is -8.72. The molecule has 0 saturated carbocycles. The number of unbranched alkanes of at least 4 members (excludes halogenated alkanes) is 2. The second-order valence-corrected chi connectivity index (χ2v) is 21.4. The van der Waals surface area contributed by atoms with Gasteiger partial charge in [-0.05, 0) is 89.0 Å². The Bertz CT molecular complexity index is 3020. The van der Waals surface area contributed by atoms with Crippen LogP contribution in [0, 0.1) is 11.8 Å². The third-order valence-electron chi connectivity index (χ3n) is 13.4. The Morgan fingerprint density at radius 3 is 2.05 bits per heavy atom. The van der Waals surface area contributed by atoms with Gasteiger partial charge in [-0.25, -0.2) is 24.4 Å². The van der Waals surface area contributed by atoms with Crippen molar-refractivity contribution in [1.29, 1.82) is 0 Å². The number of hydrogen-bond acceptors (Lipinski definition) is 15. The summed E-state index contributed by atoms with van der Waals surface area (Å²) in [5.41, 5.74) is 6.85. The van der Waals surface area contributed by atoms with Gasteiger partial charge in [0.15, 0.2) is 5.82 Å². The minimum Gasteiger partial charge on any atom is -0.465 e. The van der Waals surface area contributed by atoms with Crippen molar-refractivity contribution in [3.05, 3.63) is 72.1 Å². The van der Waals surface area contributed by atoms with E-state index in [-0.39, 0.29) is 94.7 Å². The fourth-order valence-corrected chi connectivity index (χ4v) is 8.94. The monoisotopic (exact) mass is 1170 g/mol. The van der Waals surface area contributed by atoms with Crippen LogP contribution < -0.4 is 48.3 Å². The van der Waals surface area contributed by atoms with Crippen LogP contribution in [-0.2, 0) is 67.5 Å². The van der Waals surface area contributed by atoms with Crippen molar-refractivity contribution in [3.63, 3.8) is 0 Å². The van der Waals surface area contributed by atoms with Crippen molar-refractivity contribution >= 4 is 93.0 Å². The lowest BCUT2D eigenvalue weighted by molar-refractivity contribution is -0.137. The number of ether oxygens (including phenoxy) is 3. The number of alkyl carbamates (subject to hydrolysis) is 1. The van der Waals surface area contributed by atoms with Crippen LogP contribution in [0.25, 0.3) is 21.9 Å². The van der Waals surface area contributed by atoms with Crippen LogP contribution in [0.3, 0.4) is 0 Å². The number of nitrogens with zero attached hydrogens (tertiary/aromatic N) is 4. The quantitative estimate of drug-likeness (QED) is 0.0237. The predicted octanol–water partition coefficient (Wildman–Crippen LogP) is 4.08. The first-order valence-electron chi connectivity index (χ1n) is 27.9. The summed E-state index contributed by atoms with van der Waals surface area (Å²) < 4.78 is 19.5. The van der Waals surface area contributed by atoms with Gasteiger partial charge in [0.1, 0.15) is 48.7 Å². The van der Waals surface area contributed by atoms with Gasteiger partial charge in [0.05, 0.1) is 29.8 Å². The van der Waals surface area contributed by atoms with Gasteiger partial charge in [0.25, 0.3) is 11.8 Å². The number of nitrogens with two attached hydrogens (primary N) is 1. The molecule has 3 heterocycles. The molecule has 27 nitrogen and oxygen atoms in total. The number of benzene rings is 2. The summed E-state index contributed by atoms with van der Waals surface area (Å²) in [6, 6.07) is 8.83. The summed E-state index contributed by atoms with van der Waals surface area (Å²) in [5, 5.41) is 31.0. The van der Waals surface area contributed by atoms with Crippen LogP contribution in [0.4, 0.5) is 25.9 Å². The maximum atomic E-state index is 13.7. The van der Waals surface area contributed by atoms with Crippen molar-refractivity contribution in [1.82, 2.24) is 51.3 Å². The van der Waals surface area contributed by atoms with Gasteiger partial charge >= 0.3 is 18.2 Å². The summed E-state index contributed by atoms with van der Waals surface area (Å²) in [6.07, 6.45) is 2.37. The fraction of sp³-hybridized carbons (Fsp3) is 0.509. The zero-order valence-corrected chi connectivity index (χ0v) is 48.8. The van der Waals surface area contributed by atoms with Gasteiger partial charge in [-0.3, -0.25) is 38.5 Å². The van der Waals surface area contributed by atoms with Crippen molar-refractivity contribution in [2.24, 2.45) is 17.6 Å². The molecule has 0 fully saturated rings. The lowest BCUT2D eigenvalue weighted by Crippen LogP contribution is -2.54. The molecular weight excluding hydrogens is 1090 g/mol. The minimum absolute atomic E-state index is 0.0828. The number of carbonyl (C=O) groups excluding carboxylic acids is 9. The number of para-hydroxylation sites is 1. The van der Waals surface area contributed by atoms with Crippen LogP contribution >= 0.6 is 0 Å². The van der Waals surface area contributed by atoms with E-state index in [9.17, 15) is 53.1 Å². The van der Waals surface area contributed by atoms with Crippen molar-refractivity contribution < 1.29 is 67.3 Å². The van der Waals surface area contributed by atoms with E-state index >= 15 is 0 Å². The maximum Gasteiger partial charge on any atom is 0.407 e. The zero-order valence-electron chi connectivity index (χ0n) is 48.8. The SMILES string of the molecule is CCOCc1nc2c(NC(=O)[C@H](C)NC(=O)[C@@H](NC(=O)O)C(C)C)nc3ccccc3c2n1CC(C)(C)OCCNC(=O)OCc1ccc(NC(=O)[C@H](CCCNC(N)=O)NC(=O)[C@@H](NC(=O)CCCCCN2C(=O)C=CC2=O)C(C)C)cc1. The molecule has 84 heavy (non-hydrogen) atoms. The Balaban J connectivity index is 1.14. The number of amides is 11. The van der Waals surface area contributed by atoms with E-state index in [1.165, 1.54) is 19.1 Å². The highest BCUT2D eigenvalue weighted by Gasteiger charge is 2.32. The number of pyridine rings is 1. The number of hydrogen-bond donors (Lipinski definition) is 10. The molecule has 0 aliphatic carbocycles. The van der Waals surface area contributed by atoms with E-state index in [0.717, 1.165) is 10.3 Å². The molecule has 456 valence electrons. The summed E-state index contributed by atoms with van der Waals surface area (Å²) in [4.78, 5) is 137. The van der Waals surface area contributed by atoms with E-state index in [1.807, 2.05) is 37.5 Å². The molecular formula is C57H79N13O14. The highest BCUT2D eigenvalue weighted by Crippen LogP contribution is 2.32. The van der Waals surface area contributed by atoms with Gasteiger partial charge in [0.2, 0.25) is 29.5 Å². The predicted molar refractivity (Wildman–Crippen MR) is 310 cm³/mol. The Labute approximate surface area is 486 Å². The molecule has 4 aromatic rings. The lowest BCUT2D eigenvalue weighted by Gasteiger charge is -2.27. The molecule has 0 bridgehead atoms. The van der Waals surface area contributed by atoms with Crippen LogP contribution in [0.1, 0.15) is 105 Å². The topological polar surface area (TPSA) is 375 Å². The average Bonchev–Trinajstić information content (AvgIpc) is 1.99. The zero-order chi connectivity index (χ0) is 61.7. The van der Waals surface area contributed by atoms with Crippen molar-refractivity contribution in [2.75, 3.05) is 43.5 Å². The van der Waals surface area contributed by atoms with Crippen LogP contribution in [0.15, 0.2) is 60.7 Å². The fourth-order valence-electron chi connectivity index (χ4n) is 8.94. The van der Waals surface area contributed by atoms with Crippen LogP contribution in [0.2, 0.25) is 0 Å². The van der Waals surface area contributed by atoms with Crippen molar-refractivity contribution in [2.45, 2.75) is 143 Å². The number of primary amides is 1. The molecule has 1 aliphatic heterocycles. The van der Waals surface area contributed by atoms with Gasteiger partial charge in [-0.2, -0.15) is 0 Å². The van der Waals surface area contributed by atoms with E-state index in [0.29, 0.717) is 59.5 Å². The van der Waals surface area contributed by atoms with Gasteiger partial charge < -0.3 is 72.2 Å². The summed E-state index contributed by atoms with van der Waals surface area (Å²) in [6.45, 7) is 15.1. The standard InChI is InChI=1S/C57H79N13O14/c1-9-82-31-41-65-47-48(38-16-12-13-17-39(38)63-49(47)68-50(74)35(6)61-52(76)46(34(4)5)67-55(79)80)70(41)32-57(7,8)84-29-27-60-56(81)83-30-36-20-22-37(23-21-36)62-51(75)40(18-15-26-59-54(58)78)64-53(77)45(33(2)3)66-42(71)19-11-10-14-28-69-43(72)24-25-44(69)73/h12-13,16-17,20-25,33-35,40,45-46,67H,9-11,14-15,18-19,26-32H2,1-8H3,(H,60,81)(H,61,76)(H,62,75)(H,64,77)(H,66,71)(H,79,80)(H3,58,59,78)(H,63,68,74)/t35-,40-,45-,46-/m0/s1. The summed E-state index contributed by atoms with van der Waals surface area (Å²) >= 11 is 0. The molecule has 11 amide bonds. The molecule has 5 rings (SSSR count). The number of imide groups is 1. The number of rotatable bonds is 33. The second-order valence-electron chi connectivity index (χ2n) is 21.4. The smallest absolute Gasteiger partial charge is 0.407 e. The molecule has 27 heteroatoms. The summed E-state index contributed by atoms with van der Waals surface area (Å²) in [5.74, 6) is -3.65. The summed E-state index contributed by atoms with van der Waals surface area (Å²) in [7, 11) is 0. The number of urea groups is 1. The normalized spacial score (nSPS) is 13.8. The Morgan fingerprint density at radius 1 is 0.726 bits per heavy atom. The van der Waals surface area contributed by atoms with E-state index in [4.69, 9.17) is 29.9 Å². The third-order valence-corrected chi connectivity index (χ3v) is 13.4. The molecule has 2 aromatic heterocycles. The van der Waals surface area contributed by atoms with Crippen molar-refractivity contribution in [3.8, 4) is 0 Å². The first-order chi connectivity index (χ1) is 39.9. The first-order valence-corrected chi connectivity index (χ1v) is 27.9. The van der Waals surface area contributed by atoms with Crippen LogP contribution in [0.5, 0.6) is 0 Å². The highest BCUT2D eigenvalue weighted by molar-refractivity contribution is 6.13. The molecule has 0 spiro atoms. The van der Waals surface area contributed by atoms with E-state index in [2.05, 4.69) is 42.5 Å². The minimum atomic E-state index is -1.37. The molecule has 0 radical (unpaired) electrons. The Morgan fingerprint density at radius 2 is 1.39 bits per heavy atom. The maximum absolute atomic E-state index is 13.7. The molecule has 4 atom stereocenters. The van der Waals surface area contributed by atoms with Gasteiger partial charge in [-0.15, -0.1) is 0 Å². The number of carbonyl (C=O) groups is 10. The number of aromatic nitrogens is 3. The largest absolute Gasteiger partial charge is 0.465 e. The average molecular weight is 1170 g/mol. The molecule has 1 aliphatic rings. The number of carboxylic acid groups (broad SMARTS) is 1. The van der Waals surface area contributed by atoms with E-state index in [1.54, 1.807) is 64.1 Å². The van der Waals surface area contributed by atoms with E-state index < -0.39 is 77.5 Å². The van der Waals surface area contributed by atoms with Gasteiger partial charge in [0, 0.05) is 55.9 Å². The molecule has 0 saturated heterocycles. The number of nitrogens with one attached hydrogen (secondary N) is 8. The highest BCUT2D eigenvalue weighted by atomic mass is 16.5. The third kappa shape index (κ3) is 20.0. The Kier molecular flexibility index (Phi) is 24.9. The van der Waals surface area contributed by atoms with Gasteiger partial charge in [-0.1, -0.05) is 64.4 Å². The first kappa shape index (κ1) is 66.1. The lowest BCUT2D eigenvalue weighted by atomic mass is 10.0. The second kappa shape index (κ2) is 31.6. The number of fused-ring (bicyclic) bond motifs is 3.